The lowest BCUT2D eigenvalue weighted by Gasteiger charge is -2.14. The fourth-order valence-corrected chi connectivity index (χ4v) is 4.90. The molecule has 0 bridgehead atoms. The van der Waals surface area contributed by atoms with Crippen LogP contribution in [0.1, 0.15) is 27.6 Å². The van der Waals surface area contributed by atoms with Gasteiger partial charge in [0.05, 0.1) is 23.4 Å². The average Bonchev–Trinajstić information content (AvgIpc) is 2.67. The molecule has 3 rings (SSSR count). The van der Waals surface area contributed by atoms with Crippen LogP contribution in [-0.4, -0.2) is 32.1 Å². The van der Waals surface area contributed by atoms with Crippen molar-refractivity contribution in [2.24, 2.45) is 0 Å². The maximum absolute atomic E-state index is 12.9. The highest BCUT2D eigenvalue weighted by Gasteiger charge is 2.23. The van der Waals surface area contributed by atoms with Crippen LogP contribution in [0.15, 0.2) is 64.0 Å². The zero-order chi connectivity index (χ0) is 21.2. The number of nitrogens with one attached hydrogen (secondary N) is 1. The van der Waals surface area contributed by atoms with Crippen molar-refractivity contribution < 1.29 is 27.9 Å². The number of hydrogen-bond acceptors (Lipinski definition) is 5. The Kier molecular flexibility index (Phi) is 5.90. The van der Waals surface area contributed by atoms with E-state index in [1.807, 2.05) is 6.07 Å². The highest BCUT2D eigenvalue weighted by Crippen LogP contribution is 2.30. The van der Waals surface area contributed by atoms with Gasteiger partial charge in [-0.3, -0.25) is 4.72 Å². The van der Waals surface area contributed by atoms with E-state index in [1.54, 1.807) is 37.3 Å². The van der Waals surface area contributed by atoms with Gasteiger partial charge in [0.1, 0.15) is 4.90 Å². The summed E-state index contributed by atoms with van der Waals surface area (Å²) in [6, 6.07) is 13.9. The topological polar surface area (TPSA) is 110 Å². The van der Waals surface area contributed by atoms with Gasteiger partial charge in [0.25, 0.3) is 10.0 Å². The Hall–Kier alpha value is -2.91. The Labute approximate surface area is 175 Å². The molecule has 0 saturated heterocycles. The van der Waals surface area contributed by atoms with Gasteiger partial charge in [0.15, 0.2) is 0 Å². The van der Waals surface area contributed by atoms with Crippen molar-refractivity contribution in [3.63, 3.8) is 0 Å². The Bertz CT molecular complexity index is 1220. The number of anilines is 1. The van der Waals surface area contributed by atoms with E-state index in [1.165, 1.54) is 18.2 Å². The first-order valence-electron chi connectivity index (χ1n) is 8.48. The highest BCUT2D eigenvalue weighted by molar-refractivity contribution is 9.10. The number of sulfonamides is 1. The Morgan fingerprint density at radius 2 is 1.72 bits per heavy atom. The van der Waals surface area contributed by atoms with Gasteiger partial charge < -0.3 is 9.84 Å². The van der Waals surface area contributed by atoms with Crippen LogP contribution < -0.4 is 4.72 Å². The summed E-state index contributed by atoms with van der Waals surface area (Å²) >= 11 is 3.10. The number of ether oxygens (including phenoxy) is 1. The molecule has 150 valence electrons. The Morgan fingerprint density at radius 3 is 2.31 bits per heavy atom. The SMILES string of the molecule is CCOC(=O)c1cc2ccccc2cc1NS(=O)(=O)c1ccc(C(=O)O)cc1Br. The van der Waals surface area contributed by atoms with Gasteiger partial charge in [-0.05, 0) is 64.0 Å². The smallest absolute Gasteiger partial charge is 0.340 e. The number of carbonyl (C=O) groups is 2. The van der Waals surface area contributed by atoms with Gasteiger partial charge in [-0.2, -0.15) is 0 Å². The van der Waals surface area contributed by atoms with E-state index in [0.717, 1.165) is 10.8 Å². The van der Waals surface area contributed by atoms with Gasteiger partial charge in [-0.1, -0.05) is 24.3 Å². The molecule has 0 radical (unpaired) electrons. The van der Waals surface area contributed by atoms with Gasteiger partial charge in [-0.15, -0.1) is 0 Å². The summed E-state index contributed by atoms with van der Waals surface area (Å²) in [6.45, 7) is 1.80. The van der Waals surface area contributed by atoms with Crippen LogP contribution in [0.3, 0.4) is 0 Å². The van der Waals surface area contributed by atoms with Crippen molar-refractivity contribution in [3.05, 3.63) is 70.2 Å². The second kappa shape index (κ2) is 8.22. The first-order valence-corrected chi connectivity index (χ1v) is 10.8. The van der Waals surface area contributed by atoms with E-state index in [-0.39, 0.29) is 32.8 Å². The van der Waals surface area contributed by atoms with Crippen LogP contribution in [0.25, 0.3) is 10.8 Å². The molecule has 0 aliphatic carbocycles. The number of hydrogen-bond donors (Lipinski definition) is 2. The van der Waals surface area contributed by atoms with Gasteiger partial charge >= 0.3 is 11.9 Å². The number of carboxylic acids is 1. The fourth-order valence-electron chi connectivity index (χ4n) is 2.75. The predicted octanol–water partition coefficient (Wildman–Crippen LogP) is 4.28. The van der Waals surface area contributed by atoms with Gasteiger partial charge in [0.2, 0.25) is 0 Å². The second-order valence-electron chi connectivity index (χ2n) is 6.02. The quantitative estimate of drug-likeness (QED) is 0.512. The standard InChI is InChI=1S/C20H16BrNO6S/c1-2-28-20(25)15-9-12-5-3-4-6-13(12)11-17(15)22-29(26,27)18-8-7-14(19(23)24)10-16(18)21/h3-11,22H,2H2,1H3,(H,23,24). The number of carboxylic acid groups (broad SMARTS) is 1. The molecule has 0 atom stereocenters. The molecule has 0 unspecified atom stereocenters. The molecule has 9 heteroatoms. The number of benzene rings is 3. The third-order valence-electron chi connectivity index (χ3n) is 4.09. The van der Waals surface area contributed by atoms with E-state index in [9.17, 15) is 18.0 Å². The molecule has 0 aliphatic heterocycles. The number of esters is 1. The molecule has 0 amide bonds. The number of aromatic carboxylic acids is 1. The number of rotatable bonds is 6. The minimum absolute atomic E-state index is 0.0613. The molecule has 0 aromatic heterocycles. The molecule has 3 aromatic carbocycles. The molecule has 7 nitrogen and oxygen atoms in total. The van der Waals surface area contributed by atoms with Crippen molar-refractivity contribution in [2.75, 3.05) is 11.3 Å². The molecular formula is C20H16BrNO6S. The van der Waals surface area contributed by atoms with Crippen molar-refractivity contribution >= 4 is 54.4 Å². The minimum atomic E-state index is -4.12. The minimum Gasteiger partial charge on any atom is -0.478 e. The largest absolute Gasteiger partial charge is 0.478 e. The first kappa shape index (κ1) is 20.8. The summed E-state index contributed by atoms with van der Waals surface area (Å²) in [7, 11) is -4.12. The highest BCUT2D eigenvalue weighted by atomic mass is 79.9. The van der Waals surface area contributed by atoms with E-state index in [2.05, 4.69) is 20.7 Å². The lowest BCUT2D eigenvalue weighted by Crippen LogP contribution is -2.17. The van der Waals surface area contributed by atoms with E-state index in [0.29, 0.717) is 0 Å². The number of fused-ring (bicyclic) bond motifs is 1. The van der Waals surface area contributed by atoms with Crippen LogP contribution in [0.2, 0.25) is 0 Å². The van der Waals surface area contributed by atoms with Crippen LogP contribution in [0, 0.1) is 0 Å². The van der Waals surface area contributed by atoms with Gasteiger partial charge in [0, 0.05) is 4.47 Å². The predicted molar refractivity (Wildman–Crippen MR) is 112 cm³/mol. The van der Waals surface area contributed by atoms with Crippen molar-refractivity contribution in [1.29, 1.82) is 0 Å². The lowest BCUT2D eigenvalue weighted by atomic mass is 10.1. The molecule has 3 aromatic rings. The molecule has 0 aliphatic rings. The maximum Gasteiger partial charge on any atom is 0.340 e. The maximum atomic E-state index is 12.9. The van der Waals surface area contributed by atoms with Crippen molar-refractivity contribution in [3.8, 4) is 0 Å². The van der Waals surface area contributed by atoms with Crippen molar-refractivity contribution in [2.45, 2.75) is 11.8 Å². The summed E-state index contributed by atoms with van der Waals surface area (Å²) in [4.78, 5) is 23.3. The summed E-state index contributed by atoms with van der Waals surface area (Å²) in [5.74, 6) is -1.84. The molecule has 0 fully saturated rings. The Morgan fingerprint density at radius 1 is 1.07 bits per heavy atom. The molecule has 0 heterocycles. The zero-order valence-corrected chi connectivity index (χ0v) is 17.6. The summed E-state index contributed by atoms with van der Waals surface area (Å²) < 4.78 is 33.4. The molecule has 0 saturated carbocycles. The average molecular weight is 478 g/mol. The lowest BCUT2D eigenvalue weighted by molar-refractivity contribution is 0.0527. The van der Waals surface area contributed by atoms with Crippen LogP contribution in [0.5, 0.6) is 0 Å². The summed E-state index contributed by atoms with van der Waals surface area (Å²) in [5, 5.41) is 10.5. The van der Waals surface area contributed by atoms with Gasteiger partial charge in [-0.25, -0.2) is 18.0 Å². The summed E-state index contributed by atoms with van der Waals surface area (Å²) in [5.41, 5.74) is 0.0810. The zero-order valence-electron chi connectivity index (χ0n) is 15.2. The van der Waals surface area contributed by atoms with Crippen LogP contribution >= 0.6 is 15.9 Å². The van der Waals surface area contributed by atoms with E-state index >= 15 is 0 Å². The fraction of sp³-hybridized carbons (Fsp3) is 0.100. The van der Waals surface area contributed by atoms with E-state index in [4.69, 9.17) is 9.84 Å². The molecular weight excluding hydrogens is 462 g/mol. The summed E-state index contributed by atoms with van der Waals surface area (Å²) in [6.07, 6.45) is 0. The third kappa shape index (κ3) is 4.41. The van der Waals surface area contributed by atoms with Crippen molar-refractivity contribution in [1.82, 2.24) is 0 Å². The van der Waals surface area contributed by atoms with Crippen LogP contribution in [0.4, 0.5) is 5.69 Å². The molecule has 2 N–H and O–H groups in total. The monoisotopic (exact) mass is 477 g/mol. The van der Waals surface area contributed by atoms with E-state index < -0.39 is 22.0 Å². The number of halogens is 1. The normalized spacial score (nSPS) is 11.2. The first-order chi connectivity index (χ1) is 13.7. The van der Waals surface area contributed by atoms with Crippen LogP contribution in [-0.2, 0) is 14.8 Å². The molecule has 0 spiro atoms. The Balaban J connectivity index is 2.09. The third-order valence-corrected chi connectivity index (χ3v) is 6.44. The number of carbonyl (C=O) groups excluding carboxylic acids is 1. The molecule has 29 heavy (non-hydrogen) atoms. The second-order valence-corrected chi connectivity index (χ2v) is 8.53.